The van der Waals surface area contributed by atoms with Crippen molar-refractivity contribution < 1.29 is 24.2 Å². The standard InChI is InChI=1S/C23H18BrNO5/c1-12-5-8-17(26)16(10-12)25-20(18-4-3-9-30-18)19(22(28)23(25)29)21(27)14-6-7-15(24)13(2)11-14/h3-11,20,26-27H,1-2H3/b21-19-. The average Bonchev–Trinajstić information content (AvgIpc) is 3.33. The zero-order valence-electron chi connectivity index (χ0n) is 16.2. The fourth-order valence-corrected chi connectivity index (χ4v) is 3.82. The Balaban J connectivity index is 1.96. The van der Waals surface area contributed by atoms with Crippen molar-refractivity contribution in [2.75, 3.05) is 4.90 Å². The number of furan rings is 1. The maximum atomic E-state index is 13.0. The van der Waals surface area contributed by atoms with Crippen LogP contribution in [0.2, 0.25) is 0 Å². The lowest BCUT2D eigenvalue weighted by Crippen LogP contribution is -2.29. The van der Waals surface area contributed by atoms with Crippen LogP contribution in [-0.4, -0.2) is 21.9 Å². The summed E-state index contributed by atoms with van der Waals surface area (Å²) in [7, 11) is 0. The molecule has 1 amide bonds. The normalized spacial score (nSPS) is 18.2. The van der Waals surface area contributed by atoms with Gasteiger partial charge in [0.05, 0.1) is 17.5 Å². The second-order valence-corrected chi connectivity index (χ2v) is 7.99. The summed E-state index contributed by atoms with van der Waals surface area (Å²) in [6.45, 7) is 3.67. The number of carbonyl (C=O) groups excluding carboxylic acids is 2. The topological polar surface area (TPSA) is 91.0 Å². The van der Waals surface area contributed by atoms with Gasteiger partial charge in [-0.1, -0.05) is 28.1 Å². The van der Waals surface area contributed by atoms with Crippen molar-refractivity contribution in [3.05, 3.63) is 87.3 Å². The highest BCUT2D eigenvalue weighted by molar-refractivity contribution is 9.10. The number of aromatic hydroxyl groups is 1. The minimum Gasteiger partial charge on any atom is -0.507 e. The molecule has 0 aliphatic carbocycles. The number of aryl methyl sites for hydroxylation is 2. The molecule has 1 saturated heterocycles. The van der Waals surface area contributed by atoms with Crippen molar-refractivity contribution in [1.82, 2.24) is 0 Å². The van der Waals surface area contributed by atoms with Crippen LogP contribution in [0, 0.1) is 13.8 Å². The largest absolute Gasteiger partial charge is 0.507 e. The van der Waals surface area contributed by atoms with E-state index in [9.17, 15) is 19.8 Å². The lowest BCUT2D eigenvalue weighted by molar-refractivity contribution is -0.132. The van der Waals surface area contributed by atoms with Crippen LogP contribution in [0.25, 0.3) is 5.76 Å². The van der Waals surface area contributed by atoms with Gasteiger partial charge in [-0.05, 0) is 61.4 Å². The molecule has 30 heavy (non-hydrogen) atoms. The van der Waals surface area contributed by atoms with Crippen LogP contribution in [0.15, 0.2) is 69.3 Å². The molecular weight excluding hydrogens is 450 g/mol. The van der Waals surface area contributed by atoms with E-state index in [1.54, 1.807) is 42.5 Å². The summed E-state index contributed by atoms with van der Waals surface area (Å²) in [5.41, 5.74) is 2.13. The molecule has 152 valence electrons. The zero-order chi connectivity index (χ0) is 21.6. The first-order valence-corrected chi connectivity index (χ1v) is 9.99. The van der Waals surface area contributed by atoms with Crippen molar-refractivity contribution in [3.8, 4) is 5.75 Å². The van der Waals surface area contributed by atoms with Crippen LogP contribution in [-0.2, 0) is 9.59 Å². The minimum absolute atomic E-state index is 0.0995. The van der Waals surface area contributed by atoms with E-state index >= 15 is 0 Å². The Kier molecular flexibility index (Phi) is 4.99. The van der Waals surface area contributed by atoms with E-state index in [4.69, 9.17) is 4.42 Å². The van der Waals surface area contributed by atoms with Gasteiger partial charge in [0.1, 0.15) is 23.3 Å². The highest BCUT2D eigenvalue weighted by atomic mass is 79.9. The van der Waals surface area contributed by atoms with Gasteiger partial charge in [-0.2, -0.15) is 0 Å². The number of ketones is 1. The SMILES string of the molecule is Cc1ccc(O)c(N2C(=O)C(=O)/C(=C(\O)c3ccc(Br)c(C)c3)C2c2ccco2)c1. The van der Waals surface area contributed by atoms with Gasteiger partial charge in [-0.3, -0.25) is 14.5 Å². The molecule has 2 heterocycles. The van der Waals surface area contributed by atoms with E-state index in [0.29, 0.717) is 11.3 Å². The molecule has 0 spiro atoms. The fraction of sp³-hybridized carbons (Fsp3) is 0.130. The second kappa shape index (κ2) is 7.50. The molecule has 1 aliphatic rings. The van der Waals surface area contributed by atoms with Crippen molar-refractivity contribution in [3.63, 3.8) is 0 Å². The molecule has 6 nitrogen and oxygen atoms in total. The second-order valence-electron chi connectivity index (χ2n) is 7.14. The number of benzene rings is 2. The van der Waals surface area contributed by atoms with E-state index in [2.05, 4.69) is 15.9 Å². The van der Waals surface area contributed by atoms with Crippen LogP contribution >= 0.6 is 15.9 Å². The van der Waals surface area contributed by atoms with Gasteiger partial charge in [0.2, 0.25) is 0 Å². The summed E-state index contributed by atoms with van der Waals surface area (Å²) in [6, 6.07) is 12.1. The number of halogens is 1. The van der Waals surface area contributed by atoms with Gasteiger partial charge in [0.15, 0.2) is 0 Å². The molecule has 0 bridgehead atoms. The molecule has 3 aromatic rings. The van der Waals surface area contributed by atoms with Crippen molar-refractivity contribution in [1.29, 1.82) is 0 Å². The smallest absolute Gasteiger partial charge is 0.300 e. The lowest BCUT2D eigenvalue weighted by Gasteiger charge is -2.24. The number of nitrogens with zero attached hydrogens (tertiary/aromatic N) is 1. The summed E-state index contributed by atoms with van der Waals surface area (Å²) in [5.74, 6) is -1.87. The molecule has 1 fully saturated rings. The number of phenols is 1. The monoisotopic (exact) mass is 467 g/mol. The van der Waals surface area contributed by atoms with Crippen LogP contribution in [0.5, 0.6) is 5.75 Å². The third-order valence-electron chi connectivity index (χ3n) is 5.08. The number of phenolic OH excluding ortho intramolecular Hbond substituents is 1. The number of Topliss-reactive ketones (excluding diaryl/α,β-unsaturated/α-hetero) is 1. The van der Waals surface area contributed by atoms with Gasteiger partial charge in [-0.15, -0.1) is 0 Å². The zero-order valence-corrected chi connectivity index (χ0v) is 17.8. The predicted octanol–water partition coefficient (Wildman–Crippen LogP) is 4.99. The Morgan fingerprint density at radius 2 is 1.87 bits per heavy atom. The fourth-order valence-electron chi connectivity index (χ4n) is 3.57. The number of carbonyl (C=O) groups is 2. The van der Waals surface area contributed by atoms with E-state index < -0.39 is 17.7 Å². The van der Waals surface area contributed by atoms with Gasteiger partial charge in [-0.25, -0.2) is 0 Å². The molecule has 1 aromatic heterocycles. The first-order valence-electron chi connectivity index (χ1n) is 9.20. The minimum atomic E-state index is -1.02. The Morgan fingerprint density at radius 1 is 1.10 bits per heavy atom. The Labute approximate surface area is 181 Å². The van der Waals surface area contributed by atoms with Gasteiger partial charge < -0.3 is 14.6 Å². The van der Waals surface area contributed by atoms with E-state index in [1.807, 2.05) is 13.8 Å². The number of anilines is 1. The van der Waals surface area contributed by atoms with Crippen molar-refractivity contribution >= 4 is 39.1 Å². The quantitative estimate of drug-likeness (QED) is 0.321. The van der Waals surface area contributed by atoms with Gasteiger partial charge in [0.25, 0.3) is 11.7 Å². The van der Waals surface area contributed by atoms with Crippen LogP contribution < -0.4 is 4.90 Å². The van der Waals surface area contributed by atoms with Crippen LogP contribution in [0.3, 0.4) is 0 Å². The number of aliphatic hydroxyl groups is 1. The number of aliphatic hydroxyl groups excluding tert-OH is 1. The van der Waals surface area contributed by atoms with Crippen LogP contribution in [0.4, 0.5) is 5.69 Å². The van der Waals surface area contributed by atoms with Crippen molar-refractivity contribution in [2.24, 2.45) is 0 Å². The summed E-state index contributed by atoms with van der Waals surface area (Å²) in [6.07, 6.45) is 1.43. The van der Waals surface area contributed by atoms with Crippen molar-refractivity contribution in [2.45, 2.75) is 19.9 Å². The predicted molar refractivity (Wildman–Crippen MR) is 115 cm³/mol. The molecule has 7 heteroatoms. The van der Waals surface area contributed by atoms with Gasteiger partial charge >= 0.3 is 0 Å². The summed E-state index contributed by atoms with van der Waals surface area (Å²) >= 11 is 3.41. The average molecular weight is 468 g/mol. The van der Waals surface area contributed by atoms with E-state index in [-0.39, 0.29) is 22.8 Å². The maximum absolute atomic E-state index is 13.0. The van der Waals surface area contributed by atoms with Crippen LogP contribution in [0.1, 0.15) is 28.5 Å². The van der Waals surface area contributed by atoms with Gasteiger partial charge in [0, 0.05) is 10.0 Å². The summed E-state index contributed by atoms with van der Waals surface area (Å²) in [5, 5.41) is 21.4. The molecule has 2 aromatic carbocycles. The third-order valence-corrected chi connectivity index (χ3v) is 5.97. The molecule has 1 unspecified atom stereocenters. The Morgan fingerprint density at radius 3 is 2.53 bits per heavy atom. The molecule has 1 atom stereocenters. The summed E-state index contributed by atoms with van der Waals surface area (Å²) < 4.78 is 6.37. The highest BCUT2D eigenvalue weighted by Gasteiger charge is 2.49. The lowest BCUT2D eigenvalue weighted by atomic mass is 9.98. The first kappa shape index (κ1) is 20.0. The molecule has 1 aliphatic heterocycles. The Hall–Kier alpha value is -3.32. The number of hydrogen-bond donors (Lipinski definition) is 2. The molecule has 0 saturated carbocycles. The number of hydrogen-bond acceptors (Lipinski definition) is 5. The van der Waals surface area contributed by atoms with E-state index in [1.165, 1.54) is 17.2 Å². The maximum Gasteiger partial charge on any atom is 0.300 e. The number of amides is 1. The molecular formula is C23H18BrNO5. The molecule has 2 N–H and O–H groups in total. The van der Waals surface area contributed by atoms with E-state index in [0.717, 1.165) is 15.6 Å². The molecule has 0 radical (unpaired) electrons. The Bertz CT molecular complexity index is 1200. The molecule has 4 rings (SSSR count). The number of rotatable bonds is 3. The first-order chi connectivity index (χ1) is 14.3. The summed E-state index contributed by atoms with van der Waals surface area (Å²) in [4.78, 5) is 27.2. The highest BCUT2D eigenvalue weighted by Crippen LogP contribution is 2.45. The third kappa shape index (κ3) is 3.21.